The maximum Gasteiger partial charge on any atom is 0.251 e. The third-order valence-corrected chi connectivity index (χ3v) is 2.75. The van der Waals surface area contributed by atoms with E-state index in [0.29, 0.717) is 0 Å². The van der Waals surface area contributed by atoms with Crippen molar-refractivity contribution in [3.05, 3.63) is 63.5 Å². The van der Waals surface area contributed by atoms with Gasteiger partial charge in [0, 0.05) is 18.0 Å². The van der Waals surface area contributed by atoms with E-state index in [1.54, 1.807) is 0 Å². The maximum absolute atomic E-state index is 13.0. The summed E-state index contributed by atoms with van der Waals surface area (Å²) in [5, 5.41) is 2.30. The lowest BCUT2D eigenvalue weighted by atomic mass is 10.3. The second-order valence-corrected chi connectivity index (χ2v) is 4.40. The molecule has 0 aliphatic rings. The molecule has 0 aliphatic carbocycles. The Balaban J connectivity index is 2.11. The highest BCUT2D eigenvalue weighted by atomic mass is 35.5. The molecule has 0 bridgehead atoms. The molecular weight excluding hydrogens is 290 g/mol. The van der Waals surface area contributed by atoms with Crippen LogP contribution in [0.15, 0.2) is 41.3 Å². The number of rotatable bonds is 3. The van der Waals surface area contributed by atoms with Gasteiger partial charge in [0.15, 0.2) is 0 Å². The molecule has 104 valence electrons. The van der Waals surface area contributed by atoms with Crippen molar-refractivity contribution in [1.29, 1.82) is 0 Å². The number of amides is 1. The van der Waals surface area contributed by atoms with E-state index in [9.17, 15) is 18.4 Å². The first-order valence-electron chi connectivity index (χ1n) is 5.56. The van der Waals surface area contributed by atoms with Crippen LogP contribution in [0.1, 0.15) is 0 Å². The quantitative estimate of drug-likeness (QED) is 0.946. The molecule has 20 heavy (non-hydrogen) atoms. The van der Waals surface area contributed by atoms with Crippen molar-refractivity contribution in [3.8, 4) is 0 Å². The molecule has 7 heteroatoms. The highest BCUT2D eigenvalue weighted by molar-refractivity contribution is 6.31. The Morgan fingerprint density at radius 1 is 1.25 bits per heavy atom. The van der Waals surface area contributed by atoms with Crippen LogP contribution < -0.4 is 10.9 Å². The number of nitrogens with zero attached hydrogens (tertiary/aromatic N) is 1. The normalized spacial score (nSPS) is 10.3. The molecule has 2 aromatic rings. The average Bonchev–Trinajstić information content (AvgIpc) is 2.38. The van der Waals surface area contributed by atoms with Gasteiger partial charge in [0.2, 0.25) is 5.91 Å². The van der Waals surface area contributed by atoms with Crippen molar-refractivity contribution in [3.63, 3.8) is 0 Å². The van der Waals surface area contributed by atoms with Gasteiger partial charge >= 0.3 is 0 Å². The number of hydrogen-bond donors (Lipinski definition) is 1. The van der Waals surface area contributed by atoms with Crippen LogP contribution in [0.2, 0.25) is 5.02 Å². The largest absolute Gasteiger partial charge is 0.324 e. The molecular formula is C13H9ClF2N2O2. The molecule has 0 fully saturated rings. The molecule has 4 nitrogen and oxygen atoms in total. The van der Waals surface area contributed by atoms with E-state index in [2.05, 4.69) is 5.32 Å². The number of carbonyl (C=O) groups excluding carboxylic acids is 1. The molecule has 1 heterocycles. The van der Waals surface area contributed by atoms with Crippen molar-refractivity contribution in [2.75, 3.05) is 5.32 Å². The van der Waals surface area contributed by atoms with Crippen LogP contribution in [0.4, 0.5) is 14.5 Å². The Hall–Kier alpha value is -2.21. The van der Waals surface area contributed by atoms with Gasteiger partial charge in [0.05, 0.1) is 5.02 Å². The van der Waals surface area contributed by atoms with Crippen LogP contribution in [0.3, 0.4) is 0 Å². The summed E-state index contributed by atoms with van der Waals surface area (Å²) < 4.78 is 26.8. The molecule has 0 saturated carbocycles. The number of anilines is 1. The lowest BCUT2D eigenvalue weighted by Gasteiger charge is -2.08. The standard InChI is InChI=1S/C13H9ClF2N2O2/c14-10-5-9(2-3-11(10)16)17-12(19)7-18-6-8(15)1-4-13(18)20/h1-6H,7H2,(H,17,19). The molecule has 0 atom stereocenters. The molecule has 0 spiro atoms. The number of benzene rings is 1. The van der Waals surface area contributed by atoms with Crippen LogP contribution in [0, 0.1) is 11.6 Å². The molecule has 2 rings (SSSR count). The first-order chi connectivity index (χ1) is 9.45. The van der Waals surface area contributed by atoms with Crippen LogP contribution in [-0.2, 0) is 11.3 Å². The fourth-order valence-corrected chi connectivity index (χ4v) is 1.74. The van der Waals surface area contributed by atoms with Gasteiger partial charge in [-0.3, -0.25) is 9.59 Å². The van der Waals surface area contributed by atoms with Gasteiger partial charge in [-0.05, 0) is 24.3 Å². The minimum atomic E-state index is -0.623. The zero-order valence-electron chi connectivity index (χ0n) is 10.1. The number of nitrogens with one attached hydrogen (secondary N) is 1. The zero-order valence-corrected chi connectivity index (χ0v) is 10.8. The highest BCUT2D eigenvalue weighted by Gasteiger charge is 2.07. The molecule has 1 aromatic carbocycles. The first kappa shape index (κ1) is 14.2. The van der Waals surface area contributed by atoms with E-state index >= 15 is 0 Å². The zero-order chi connectivity index (χ0) is 14.7. The molecule has 0 radical (unpaired) electrons. The molecule has 0 aliphatic heterocycles. The van der Waals surface area contributed by atoms with E-state index in [4.69, 9.17) is 11.6 Å². The summed E-state index contributed by atoms with van der Waals surface area (Å²) in [7, 11) is 0. The average molecular weight is 299 g/mol. The van der Waals surface area contributed by atoms with E-state index in [1.165, 1.54) is 12.1 Å². The fraction of sp³-hybridized carbons (Fsp3) is 0.0769. The van der Waals surface area contributed by atoms with E-state index in [-0.39, 0.29) is 17.3 Å². The van der Waals surface area contributed by atoms with Gasteiger partial charge in [0.1, 0.15) is 18.2 Å². The fourth-order valence-electron chi connectivity index (χ4n) is 1.55. The maximum atomic E-state index is 13.0. The summed E-state index contributed by atoms with van der Waals surface area (Å²) in [6.07, 6.45) is 0.930. The van der Waals surface area contributed by atoms with Crippen LogP contribution in [0.5, 0.6) is 0 Å². The van der Waals surface area contributed by atoms with Gasteiger partial charge in [0.25, 0.3) is 5.56 Å². The summed E-state index contributed by atoms with van der Waals surface area (Å²) in [5.74, 6) is -1.78. The minimum Gasteiger partial charge on any atom is -0.324 e. The summed E-state index contributed by atoms with van der Waals surface area (Å²) >= 11 is 5.57. The van der Waals surface area contributed by atoms with Crippen molar-refractivity contribution < 1.29 is 13.6 Å². The molecule has 1 amide bonds. The van der Waals surface area contributed by atoms with Crippen molar-refractivity contribution >= 4 is 23.2 Å². The summed E-state index contributed by atoms with van der Waals surface area (Å²) in [4.78, 5) is 23.1. The van der Waals surface area contributed by atoms with Crippen molar-refractivity contribution in [2.24, 2.45) is 0 Å². The van der Waals surface area contributed by atoms with E-state index < -0.39 is 23.1 Å². The smallest absolute Gasteiger partial charge is 0.251 e. The second-order valence-electron chi connectivity index (χ2n) is 3.99. The Labute approximate surface area is 117 Å². The summed E-state index contributed by atoms with van der Waals surface area (Å²) in [6.45, 7) is -0.356. The predicted molar refractivity (Wildman–Crippen MR) is 70.7 cm³/mol. The van der Waals surface area contributed by atoms with E-state index in [1.807, 2.05) is 0 Å². The SMILES string of the molecule is O=C(Cn1cc(F)ccc1=O)Nc1ccc(F)c(Cl)c1. The van der Waals surface area contributed by atoms with Gasteiger partial charge in [-0.15, -0.1) is 0 Å². The predicted octanol–water partition coefficient (Wildman–Crippen LogP) is 2.42. The topological polar surface area (TPSA) is 51.1 Å². The van der Waals surface area contributed by atoms with Gasteiger partial charge < -0.3 is 9.88 Å². The summed E-state index contributed by atoms with van der Waals surface area (Å²) in [6, 6.07) is 5.71. The van der Waals surface area contributed by atoms with Gasteiger partial charge in [-0.1, -0.05) is 11.6 Å². The lowest BCUT2D eigenvalue weighted by Crippen LogP contribution is -2.27. The molecule has 1 N–H and O–H groups in total. The number of hydrogen-bond acceptors (Lipinski definition) is 2. The van der Waals surface area contributed by atoms with Crippen LogP contribution >= 0.6 is 11.6 Å². The Morgan fingerprint density at radius 3 is 2.70 bits per heavy atom. The van der Waals surface area contributed by atoms with Gasteiger partial charge in [-0.25, -0.2) is 8.78 Å². The van der Waals surface area contributed by atoms with Crippen molar-refractivity contribution in [1.82, 2.24) is 4.57 Å². The third kappa shape index (κ3) is 3.42. The second kappa shape index (κ2) is 5.83. The third-order valence-electron chi connectivity index (χ3n) is 2.46. The Morgan fingerprint density at radius 2 is 2.00 bits per heavy atom. The minimum absolute atomic E-state index is 0.134. The molecule has 0 saturated heterocycles. The summed E-state index contributed by atoms with van der Waals surface area (Å²) in [5.41, 5.74) is -0.218. The lowest BCUT2D eigenvalue weighted by molar-refractivity contribution is -0.116. The number of aromatic nitrogens is 1. The van der Waals surface area contributed by atoms with E-state index in [0.717, 1.165) is 29.0 Å². The number of carbonyl (C=O) groups is 1. The monoisotopic (exact) mass is 298 g/mol. The Bertz CT molecular complexity index is 716. The Kier molecular flexibility index (Phi) is 4.14. The number of pyridine rings is 1. The number of halogens is 3. The van der Waals surface area contributed by atoms with Crippen LogP contribution in [-0.4, -0.2) is 10.5 Å². The van der Waals surface area contributed by atoms with Crippen LogP contribution in [0.25, 0.3) is 0 Å². The first-order valence-corrected chi connectivity index (χ1v) is 5.94. The van der Waals surface area contributed by atoms with Crippen molar-refractivity contribution in [2.45, 2.75) is 6.54 Å². The molecule has 0 unspecified atom stereocenters. The van der Waals surface area contributed by atoms with Gasteiger partial charge in [-0.2, -0.15) is 0 Å². The molecule has 1 aromatic heterocycles. The highest BCUT2D eigenvalue weighted by Crippen LogP contribution is 2.19.